The van der Waals surface area contributed by atoms with Crippen molar-refractivity contribution in [3.05, 3.63) is 0 Å². The third-order valence-electron chi connectivity index (χ3n) is 0. The fourth-order valence-electron chi connectivity index (χ4n) is 0. The second kappa shape index (κ2) is 42.6. The molecule has 7 heavy (non-hydrogen) atoms. The Labute approximate surface area is 157 Å². The standard InChI is InChI=1S/Mo.Nb.Rh.Ru.Tc.Y.Zr. The van der Waals surface area contributed by atoms with E-state index in [1.54, 1.807) is 0 Å². The second-order valence-electron chi connectivity index (χ2n) is 0. The normalized spacial score (nSPS) is 0. The van der Waals surface area contributed by atoms with E-state index in [9.17, 15) is 0 Å². The predicted molar refractivity (Wildman–Crippen MR) is 0 cm³/mol. The summed E-state index contributed by atoms with van der Waals surface area (Å²) in [6, 6.07) is 0. The third-order valence-corrected chi connectivity index (χ3v) is 0. The first-order chi connectivity index (χ1) is 0. The Bertz CT molecular complexity index is 19.7. The van der Waals surface area contributed by atoms with Gasteiger partial charge >= 0.3 is 0 Å². The van der Waals surface area contributed by atoms with Crippen LogP contribution in [0.4, 0.5) is 0 Å². The number of hydrogen-bond acceptors (Lipinski definition) is 0. The number of rotatable bonds is 0. The molecule has 0 aliphatic carbocycles. The Hall–Kier alpha value is 5.31. The zero-order valence-electron chi connectivity index (χ0n) is 3.00. The maximum atomic E-state index is 0. The molecule has 0 heterocycles. The third kappa shape index (κ3) is 34.8. The van der Waals surface area contributed by atoms with Gasteiger partial charge in [-0.05, 0) is 0 Å². The molecule has 0 spiro atoms. The molecule has 0 N–H and O–H groups in total. The first-order valence-corrected chi connectivity index (χ1v) is 0. The Balaban J connectivity index is 0. The van der Waals surface area contributed by atoms with Crippen LogP contribution in [0, 0.1) is 0 Å². The SMILES string of the molecule is [Mo].[Nb].[Rh].[Ru].[Tc].[Y].[Zr]. The molecule has 0 unspecified atom stereocenters. The molecular formula is MoNbRhRuTcYZr. The molecule has 0 saturated carbocycles. The van der Waals surface area contributed by atoms with Crippen molar-refractivity contribution in [2.24, 2.45) is 0 Å². The van der Waals surface area contributed by atoms with E-state index in [4.69, 9.17) is 0 Å². The number of hydrogen-bond donors (Lipinski definition) is 0. The van der Waals surface area contributed by atoms with Gasteiger partial charge in [0.05, 0.1) is 0 Å². The van der Waals surface area contributed by atoms with Crippen molar-refractivity contribution in [1.29, 1.82) is 0 Å². The van der Waals surface area contributed by atoms with Crippen molar-refractivity contribution < 1.29 is 161 Å². The van der Waals surface area contributed by atoms with Crippen LogP contribution in [-0.2, 0) is 161 Å². The van der Waals surface area contributed by atoms with Gasteiger partial charge in [-0.25, -0.2) is 0 Å². The summed E-state index contributed by atoms with van der Waals surface area (Å²) in [4.78, 5) is 0. The Morgan fingerprint density at radius 1 is 1.00 bits per heavy atom. The van der Waals surface area contributed by atoms with Gasteiger partial charge in [-0.2, -0.15) is 0 Å². The molecule has 0 aliphatic heterocycles. The van der Waals surface area contributed by atoms with Crippen LogP contribution in [-0.4, -0.2) is 0 Å². The molecule has 0 rings (SSSR count). The zero-order chi connectivity index (χ0) is 0. The van der Waals surface area contributed by atoms with Crippen molar-refractivity contribution in [3.63, 3.8) is 0 Å². The fraction of sp³-hybridized carbons (Fsp3) is 0. The van der Waals surface area contributed by atoms with Gasteiger partial charge in [-0.1, -0.05) is 0 Å². The van der Waals surface area contributed by atoms with Crippen LogP contribution in [0.1, 0.15) is 0 Å². The van der Waals surface area contributed by atoms with Crippen LogP contribution in [0.15, 0.2) is 0 Å². The molecule has 0 aromatic heterocycles. The summed E-state index contributed by atoms with van der Waals surface area (Å²) in [5, 5.41) is 0. The van der Waals surface area contributed by atoms with Crippen LogP contribution in [0.2, 0.25) is 0 Å². The molecule has 0 fully saturated rings. The van der Waals surface area contributed by atoms with E-state index in [-0.39, 0.29) is 161 Å². The quantitative estimate of drug-likeness (QED) is 0.319. The Morgan fingerprint density at radius 3 is 1.00 bits per heavy atom. The average Bonchev–Trinajstić information content (AvgIpc) is 0. The zero-order valence-corrected chi connectivity index (χ0v) is 17.7. The van der Waals surface area contributed by atoms with Crippen molar-refractivity contribution >= 4 is 0 Å². The summed E-state index contributed by atoms with van der Waals surface area (Å²) >= 11 is 0. The van der Waals surface area contributed by atoms with Crippen LogP contribution >= 0.6 is 0 Å². The van der Waals surface area contributed by atoms with Crippen LogP contribution in [0.3, 0.4) is 0 Å². The van der Waals surface area contributed by atoms with Gasteiger partial charge in [0, 0.05) is 161 Å². The average molecular weight is 671 g/mol. The topological polar surface area (TPSA) is 0 Å². The van der Waals surface area contributed by atoms with Gasteiger partial charge < -0.3 is 0 Å². The largest absolute Gasteiger partial charge is 0 e. The molecule has 42 valence electrons. The minimum absolute atomic E-state index is 0. The molecule has 0 saturated heterocycles. The molecule has 0 nitrogen and oxygen atoms in total. The van der Waals surface area contributed by atoms with E-state index in [2.05, 4.69) is 0 Å². The van der Waals surface area contributed by atoms with Crippen LogP contribution < -0.4 is 0 Å². The smallest absolute Gasteiger partial charge is 0 e. The summed E-state index contributed by atoms with van der Waals surface area (Å²) in [7, 11) is 0. The second-order valence-corrected chi connectivity index (χ2v) is 0. The van der Waals surface area contributed by atoms with Crippen molar-refractivity contribution in [1.82, 2.24) is 0 Å². The fourth-order valence-corrected chi connectivity index (χ4v) is 0. The van der Waals surface area contributed by atoms with E-state index in [1.165, 1.54) is 0 Å². The summed E-state index contributed by atoms with van der Waals surface area (Å²) in [6.07, 6.45) is 0. The molecule has 0 amide bonds. The molecule has 7 heteroatoms. The maximum Gasteiger partial charge on any atom is 0 e. The van der Waals surface area contributed by atoms with Gasteiger partial charge in [0.25, 0.3) is 0 Å². The monoisotopic (exact) mass is 671 g/mol. The first kappa shape index (κ1) is 55.8. The van der Waals surface area contributed by atoms with Crippen LogP contribution in [0.5, 0.6) is 0 Å². The molecule has 0 aromatic rings. The minimum Gasteiger partial charge on any atom is 0 e. The van der Waals surface area contributed by atoms with Crippen molar-refractivity contribution in [3.8, 4) is 0 Å². The minimum atomic E-state index is 0. The summed E-state index contributed by atoms with van der Waals surface area (Å²) < 4.78 is 0. The summed E-state index contributed by atoms with van der Waals surface area (Å²) in [5.74, 6) is 0. The van der Waals surface area contributed by atoms with E-state index in [1.807, 2.05) is 0 Å². The maximum absolute atomic E-state index is 0. The summed E-state index contributed by atoms with van der Waals surface area (Å²) in [5.41, 5.74) is 0. The Morgan fingerprint density at radius 2 is 1.00 bits per heavy atom. The van der Waals surface area contributed by atoms with Gasteiger partial charge in [0.1, 0.15) is 0 Å². The van der Waals surface area contributed by atoms with Gasteiger partial charge in [-0.3, -0.25) is 0 Å². The van der Waals surface area contributed by atoms with E-state index < -0.39 is 0 Å². The van der Waals surface area contributed by atoms with Crippen molar-refractivity contribution in [2.45, 2.75) is 0 Å². The van der Waals surface area contributed by atoms with Crippen LogP contribution in [0.25, 0.3) is 0 Å². The first-order valence-electron chi connectivity index (χ1n) is 0. The van der Waals surface area contributed by atoms with Crippen molar-refractivity contribution in [2.75, 3.05) is 0 Å². The Kier molecular flexibility index (Phi) is 340. The van der Waals surface area contributed by atoms with E-state index in [0.29, 0.717) is 0 Å². The van der Waals surface area contributed by atoms with Gasteiger partial charge in [-0.15, -0.1) is 0 Å². The molecular weight excluding hydrogens is 671 g/mol. The molecule has 0 bridgehead atoms. The molecule has 0 aliphatic rings. The van der Waals surface area contributed by atoms with Gasteiger partial charge in [0.2, 0.25) is 0 Å². The molecule has 0 atom stereocenters. The molecule has 4 radical (unpaired) electrons. The van der Waals surface area contributed by atoms with E-state index in [0.717, 1.165) is 0 Å². The summed E-state index contributed by atoms with van der Waals surface area (Å²) in [6.45, 7) is 0. The van der Waals surface area contributed by atoms with E-state index >= 15 is 0 Å². The molecule has 0 aromatic carbocycles. The predicted octanol–water partition coefficient (Wildman–Crippen LogP) is -0.0175. The van der Waals surface area contributed by atoms with Gasteiger partial charge in [0.15, 0.2) is 0 Å².